The van der Waals surface area contributed by atoms with E-state index in [1.54, 1.807) is 28.3 Å². The number of benzene rings is 2. The first-order valence-electron chi connectivity index (χ1n) is 12.5. The van der Waals surface area contributed by atoms with E-state index < -0.39 is 16.6 Å². The molecule has 0 saturated heterocycles. The van der Waals surface area contributed by atoms with E-state index in [4.69, 9.17) is 18.3 Å². The monoisotopic (exact) mass is 516 g/mol. The molecule has 0 atom stereocenters. The van der Waals surface area contributed by atoms with E-state index in [9.17, 15) is 4.79 Å². The Kier molecular flexibility index (Phi) is 11.1. The average molecular weight is 517 g/mol. The number of ether oxygens (including phenoxy) is 3. The van der Waals surface area contributed by atoms with Gasteiger partial charge in [-0.25, -0.2) is 0 Å². The summed E-state index contributed by atoms with van der Waals surface area (Å²) in [6.45, 7) is 11.0. The minimum atomic E-state index is -1.75. The van der Waals surface area contributed by atoms with Crippen molar-refractivity contribution in [3.8, 4) is 17.2 Å². The highest BCUT2D eigenvalue weighted by atomic mass is 28.4. The van der Waals surface area contributed by atoms with E-state index in [-0.39, 0.29) is 5.78 Å². The Bertz CT molecular complexity index is 972. The Labute approximate surface area is 214 Å². The molecule has 0 heterocycles. The summed E-state index contributed by atoms with van der Waals surface area (Å²) in [6, 6.07) is 14.7. The zero-order chi connectivity index (χ0) is 26.1. The van der Waals surface area contributed by atoms with Crippen LogP contribution in [0.4, 0.5) is 0 Å². The van der Waals surface area contributed by atoms with Gasteiger partial charge in [-0.05, 0) is 100 Å². The van der Waals surface area contributed by atoms with E-state index in [1.807, 2.05) is 12.1 Å². The first-order valence-corrected chi connectivity index (χ1v) is 18.8. The Morgan fingerprint density at radius 3 is 1.69 bits per heavy atom. The predicted octanol–water partition coefficient (Wildman–Crippen LogP) is 6.84. The third kappa shape index (κ3) is 9.82. The fraction of sp³-hybridized carbons (Fsp3) is 0.536. The molecule has 0 unspecified atom stereocenters. The van der Waals surface area contributed by atoms with Crippen LogP contribution in [-0.4, -0.2) is 43.7 Å². The number of ketones is 1. The molecule has 0 spiro atoms. The molecule has 0 aliphatic rings. The lowest BCUT2D eigenvalue weighted by molar-refractivity contribution is -0.116. The second kappa shape index (κ2) is 13.3. The average Bonchev–Trinajstić information content (AvgIpc) is 2.78. The molecular formula is C28H44O5Si2. The summed E-state index contributed by atoms with van der Waals surface area (Å²) in [5.41, 5.74) is 3.49. The summed E-state index contributed by atoms with van der Waals surface area (Å²) in [5.74, 6) is 2.52. The smallest absolute Gasteiger partial charge is 0.173 e. The number of methoxy groups -OCH3 is 3. The molecule has 5 nitrogen and oxygen atoms in total. The minimum Gasteiger partial charge on any atom is -0.496 e. The Balaban J connectivity index is 1.84. The van der Waals surface area contributed by atoms with Gasteiger partial charge in [0.05, 0.1) is 21.3 Å². The zero-order valence-electron chi connectivity index (χ0n) is 23.0. The van der Waals surface area contributed by atoms with Crippen LogP contribution in [0.25, 0.3) is 0 Å². The molecule has 2 aromatic carbocycles. The quantitative estimate of drug-likeness (QED) is 0.243. The normalized spacial score (nSPS) is 11.9. The third-order valence-electron chi connectivity index (χ3n) is 6.28. The van der Waals surface area contributed by atoms with Crippen molar-refractivity contribution in [3.63, 3.8) is 0 Å². The predicted molar refractivity (Wildman–Crippen MR) is 149 cm³/mol. The fourth-order valence-corrected chi connectivity index (χ4v) is 13.5. The number of carbonyl (C=O) groups excluding carboxylic acids is 1. The highest BCUT2D eigenvalue weighted by Gasteiger charge is 2.32. The second-order valence-corrected chi connectivity index (χ2v) is 19.4. The highest BCUT2D eigenvalue weighted by Crippen LogP contribution is 2.30. The Morgan fingerprint density at radius 2 is 1.20 bits per heavy atom. The topological polar surface area (TPSA) is 54.0 Å². The summed E-state index contributed by atoms with van der Waals surface area (Å²) in [7, 11) is 1.51. The van der Waals surface area contributed by atoms with Crippen molar-refractivity contribution >= 4 is 22.4 Å². The molecule has 0 fully saturated rings. The number of hydrogen-bond acceptors (Lipinski definition) is 5. The van der Waals surface area contributed by atoms with Gasteiger partial charge >= 0.3 is 0 Å². The van der Waals surface area contributed by atoms with Gasteiger partial charge in [0.2, 0.25) is 0 Å². The van der Waals surface area contributed by atoms with Gasteiger partial charge in [0.25, 0.3) is 0 Å². The summed E-state index contributed by atoms with van der Waals surface area (Å²) < 4.78 is 23.2. The van der Waals surface area contributed by atoms with Crippen LogP contribution in [0, 0.1) is 0 Å². The molecule has 7 heteroatoms. The van der Waals surface area contributed by atoms with Crippen LogP contribution in [0.3, 0.4) is 0 Å². The van der Waals surface area contributed by atoms with E-state index >= 15 is 0 Å². The van der Waals surface area contributed by atoms with Crippen molar-refractivity contribution in [2.75, 3.05) is 21.3 Å². The van der Waals surface area contributed by atoms with E-state index in [0.717, 1.165) is 60.6 Å². The van der Waals surface area contributed by atoms with Crippen LogP contribution in [-0.2, 0) is 28.2 Å². The molecule has 0 aliphatic carbocycles. The number of hydrogen-bond donors (Lipinski definition) is 0. The fourth-order valence-electron chi connectivity index (χ4n) is 4.68. The molecule has 194 valence electrons. The highest BCUT2D eigenvalue weighted by molar-refractivity contribution is 6.84. The van der Waals surface area contributed by atoms with Crippen LogP contribution >= 0.6 is 0 Å². The van der Waals surface area contributed by atoms with Gasteiger partial charge in [-0.15, -0.1) is 0 Å². The number of aryl methyl sites for hydroxylation is 2. The minimum absolute atomic E-state index is 0.149. The SMILES string of the molecule is COc1cc(CCC[Si](C)(C)O[Si](C)(C)CCCc2ccc(OC)c(OC)c2)ccc1CC(C)=O. The molecule has 35 heavy (non-hydrogen) atoms. The lowest BCUT2D eigenvalue weighted by atomic mass is 10.0. The van der Waals surface area contributed by atoms with Gasteiger partial charge in [0.1, 0.15) is 11.5 Å². The van der Waals surface area contributed by atoms with Gasteiger partial charge in [0, 0.05) is 12.0 Å². The summed E-state index contributed by atoms with van der Waals surface area (Å²) in [5, 5.41) is 0. The molecule has 0 aliphatic heterocycles. The molecule has 0 amide bonds. The van der Waals surface area contributed by atoms with Crippen LogP contribution < -0.4 is 14.2 Å². The first-order chi connectivity index (χ1) is 16.5. The molecule has 0 aromatic heterocycles. The number of Topliss-reactive ketones (excluding diaryl/α,β-unsaturated/α-hetero) is 1. The maximum Gasteiger partial charge on any atom is 0.173 e. The molecule has 0 bridgehead atoms. The van der Waals surface area contributed by atoms with Crippen molar-refractivity contribution in [3.05, 3.63) is 53.1 Å². The summed E-state index contributed by atoms with van der Waals surface area (Å²) in [6.07, 6.45) is 4.65. The van der Waals surface area contributed by atoms with Gasteiger partial charge in [-0.3, -0.25) is 4.79 Å². The first kappa shape index (κ1) is 29.1. The van der Waals surface area contributed by atoms with Gasteiger partial charge < -0.3 is 18.3 Å². The van der Waals surface area contributed by atoms with E-state index in [0.29, 0.717) is 6.42 Å². The largest absolute Gasteiger partial charge is 0.496 e. The summed E-state index contributed by atoms with van der Waals surface area (Å²) in [4.78, 5) is 11.5. The lowest BCUT2D eigenvalue weighted by Gasteiger charge is -2.34. The molecule has 0 saturated carbocycles. The molecule has 0 radical (unpaired) electrons. The molecular weight excluding hydrogens is 472 g/mol. The standard InChI is InChI=1S/C28H44O5Si2/c1-22(29)19-25-15-13-23(20-27(25)31-3)11-9-17-34(5,6)33-35(7,8)18-10-12-24-14-16-26(30-2)28(21-24)32-4/h13-16,20-21H,9-12,17-19H2,1-8H3. The van der Waals surface area contributed by atoms with Crippen LogP contribution in [0.2, 0.25) is 38.3 Å². The maximum absolute atomic E-state index is 11.5. The third-order valence-corrected chi connectivity index (χ3v) is 13.8. The summed E-state index contributed by atoms with van der Waals surface area (Å²) >= 11 is 0. The van der Waals surface area contributed by atoms with E-state index in [1.165, 1.54) is 11.1 Å². The molecule has 2 aromatic rings. The van der Waals surface area contributed by atoms with Gasteiger partial charge in [0.15, 0.2) is 28.1 Å². The molecule has 2 rings (SSSR count). The van der Waals surface area contributed by atoms with Crippen molar-refractivity contribution in [1.82, 2.24) is 0 Å². The number of carbonyl (C=O) groups is 1. The van der Waals surface area contributed by atoms with Crippen molar-refractivity contribution in [1.29, 1.82) is 0 Å². The van der Waals surface area contributed by atoms with Gasteiger partial charge in [-0.1, -0.05) is 18.2 Å². The van der Waals surface area contributed by atoms with Crippen LogP contribution in [0.15, 0.2) is 36.4 Å². The number of rotatable bonds is 15. The zero-order valence-corrected chi connectivity index (χ0v) is 25.0. The van der Waals surface area contributed by atoms with Crippen molar-refractivity contribution in [2.24, 2.45) is 0 Å². The van der Waals surface area contributed by atoms with Crippen molar-refractivity contribution < 1.29 is 23.1 Å². The molecule has 0 N–H and O–H groups in total. The van der Waals surface area contributed by atoms with Crippen LogP contribution in [0.1, 0.15) is 36.5 Å². The second-order valence-electron chi connectivity index (χ2n) is 10.5. The Morgan fingerprint density at radius 1 is 0.714 bits per heavy atom. The van der Waals surface area contributed by atoms with Gasteiger partial charge in [-0.2, -0.15) is 0 Å². The van der Waals surface area contributed by atoms with Crippen LogP contribution in [0.5, 0.6) is 17.2 Å². The lowest BCUT2D eigenvalue weighted by Crippen LogP contribution is -2.44. The van der Waals surface area contributed by atoms with Crippen molar-refractivity contribution in [2.45, 2.75) is 77.3 Å². The van der Waals surface area contributed by atoms with E-state index in [2.05, 4.69) is 50.5 Å². The maximum atomic E-state index is 11.5. The Hall–Kier alpha value is -2.10.